The summed E-state index contributed by atoms with van der Waals surface area (Å²) in [7, 11) is 1.76. The average molecular weight is 328 g/mol. The molecule has 1 N–H and O–H groups in total. The van der Waals surface area contributed by atoms with E-state index >= 15 is 0 Å². The number of nitriles is 1. The lowest BCUT2D eigenvalue weighted by atomic mass is 10.1. The highest BCUT2D eigenvalue weighted by molar-refractivity contribution is 7.11. The van der Waals surface area contributed by atoms with Gasteiger partial charge >= 0.3 is 6.03 Å². The highest BCUT2D eigenvalue weighted by Gasteiger charge is 2.15. The molecule has 5 nitrogen and oxygen atoms in total. The summed E-state index contributed by atoms with van der Waals surface area (Å²) >= 11 is 1.63. The molecule has 0 radical (unpaired) electrons. The van der Waals surface area contributed by atoms with Gasteiger partial charge in [-0.25, -0.2) is 9.78 Å². The van der Waals surface area contributed by atoms with Crippen molar-refractivity contribution in [3.63, 3.8) is 0 Å². The lowest BCUT2D eigenvalue weighted by Gasteiger charge is -2.21. The molecular weight excluding hydrogens is 308 g/mol. The van der Waals surface area contributed by atoms with Gasteiger partial charge in [0.25, 0.3) is 0 Å². The van der Waals surface area contributed by atoms with Gasteiger partial charge in [0.15, 0.2) is 0 Å². The van der Waals surface area contributed by atoms with E-state index in [0.717, 1.165) is 17.0 Å². The van der Waals surface area contributed by atoms with Gasteiger partial charge in [0, 0.05) is 18.1 Å². The minimum absolute atomic E-state index is 0.125. The smallest absolute Gasteiger partial charge is 0.317 e. The Morgan fingerprint density at radius 1 is 1.43 bits per heavy atom. The maximum atomic E-state index is 12.3. The van der Waals surface area contributed by atoms with Crippen LogP contribution in [0.5, 0.6) is 0 Å². The first-order valence-electron chi connectivity index (χ1n) is 7.48. The van der Waals surface area contributed by atoms with Gasteiger partial charge in [0.1, 0.15) is 5.01 Å². The molecule has 120 valence electrons. The molecule has 1 aromatic carbocycles. The zero-order valence-corrected chi connectivity index (χ0v) is 14.4. The Morgan fingerprint density at radius 3 is 2.70 bits per heavy atom. The highest BCUT2D eigenvalue weighted by Crippen LogP contribution is 2.16. The summed E-state index contributed by atoms with van der Waals surface area (Å²) in [5, 5.41) is 12.7. The van der Waals surface area contributed by atoms with Crippen molar-refractivity contribution < 1.29 is 4.79 Å². The van der Waals surface area contributed by atoms with E-state index in [0.29, 0.717) is 12.1 Å². The van der Waals surface area contributed by atoms with Gasteiger partial charge in [0.05, 0.1) is 24.2 Å². The van der Waals surface area contributed by atoms with Crippen molar-refractivity contribution in [2.75, 3.05) is 7.05 Å². The second-order valence-electron chi connectivity index (χ2n) is 5.33. The van der Waals surface area contributed by atoms with Crippen LogP contribution in [-0.4, -0.2) is 23.0 Å². The molecule has 0 spiro atoms. The van der Waals surface area contributed by atoms with Crippen LogP contribution < -0.4 is 5.32 Å². The van der Waals surface area contributed by atoms with Crippen molar-refractivity contribution in [1.82, 2.24) is 15.2 Å². The number of carbonyl (C=O) groups excluding carboxylic acids is 1. The third kappa shape index (κ3) is 4.54. The maximum Gasteiger partial charge on any atom is 0.317 e. The fraction of sp³-hybridized carbons (Fsp3) is 0.353. The zero-order valence-electron chi connectivity index (χ0n) is 13.5. The predicted molar refractivity (Wildman–Crippen MR) is 91.1 cm³/mol. The molecule has 0 saturated heterocycles. The minimum Gasteiger partial charge on any atom is -0.331 e. The van der Waals surface area contributed by atoms with Crippen molar-refractivity contribution in [2.24, 2.45) is 0 Å². The van der Waals surface area contributed by atoms with Crippen LogP contribution in [0.2, 0.25) is 0 Å². The number of carbonyl (C=O) groups is 1. The van der Waals surface area contributed by atoms with E-state index < -0.39 is 0 Å². The normalized spacial score (nSPS) is 11.6. The topological polar surface area (TPSA) is 69.0 Å². The Bertz CT molecular complexity index is 702. The number of hydrogen-bond acceptors (Lipinski definition) is 4. The molecule has 0 fully saturated rings. The van der Waals surface area contributed by atoms with Crippen LogP contribution in [0.15, 0.2) is 30.5 Å². The summed E-state index contributed by atoms with van der Waals surface area (Å²) in [5.74, 6) is 0. The van der Waals surface area contributed by atoms with Crippen LogP contribution in [0.1, 0.15) is 40.9 Å². The molecule has 2 amide bonds. The van der Waals surface area contributed by atoms with E-state index in [2.05, 4.69) is 23.3 Å². The largest absolute Gasteiger partial charge is 0.331 e. The molecule has 0 unspecified atom stereocenters. The number of amides is 2. The second-order valence-corrected chi connectivity index (χ2v) is 6.53. The van der Waals surface area contributed by atoms with Crippen molar-refractivity contribution in [2.45, 2.75) is 32.9 Å². The van der Waals surface area contributed by atoms with E-state index in [1.807, 2.05) is 25.3 Å². The Hall–Kier alpha value is -2.39. The molecule has 23 heavy (non-hydrogen) atoms. The molecule has 1 aromatic heterocycles. The van der Waals surface area contributed by atoms with Crippen LogP contribution in [-0.2, 0) is 13.0 Å². The third-order valence-electron chi connectivity index (χ3n) is 3.55. The van der Waals surface area contributed by atoms with E-state index in [1.165, 1.54) is 4.88 Å². The summed E-state index contributed by atoms with van der Waals surface area (Å²) in [6.45, 7) is 4.51. The van der Waals surface area contributed by atoms with Crippen molar-refractivity contribution in [1.29, 1.82) is 5.26 Å². The van der Waals surface area contributed by atoms with Gasteiger partial charge in [-0.3, -0.25) is 0 Å². The first kappa shape index (κ1) is 17.0. The van der Waals surface area contributed by atoms with E-state index in [-0.39, 0.29) is 12.1 Å². The van der Waals surface area contributed by atoms with Gasteiger partial charge in [-0.2, -0.15) is 5.26 Å². The Labute approximate surface area is 140 Å². The molecule has 0 saturated carbocycles. The van der Waals surface area contributed by atoms with Crippen LogP contribution in [0.3, 0.4) is 0 Å². The van der Waals surface area contributed by atoms with Crippen molar-refractivity contribution >= 4 is 17.4 Å². The van der Waals surface area contributed by atoms with Crippen LogP contribution >= 0.6 is 11.3 Å². The summed E-state index contributed by atoms with van der Waals surface area (Å²) < 4.78 is 0. The maximum absolute atomic E-state index is 12.3. The monoisotopic (exact) mass is 328 g/mol. The van der Waals surface area contributed by atoms with Crippen molar-refractivity contribution in [3.05, 3.63) is 51.5 Å². The van der Waals surface area contributed by atoms with E-state index in [1.54, 1.807) is 35.4 Å². The molecule has 0 aliphatic carbocycles. The molecule has 0 aliphatic heterocycles. The van der Waals surface area contributed by atoms with Gasteiger partial charge in [0.2, 0.25) is 0 Å². The predicted octanol–water partition coefficient (Wildman–Crippen LogP) is 3.48. The summed E-state index contributed by atoms with van der Waals surface area (Å²) in [6.07, 6.45) is 2.83. The van der Waals surface area contributed by atoms with Gasteiger partial charge in [-0.05, 0) is 31.0 Å². The zero-order chi connectivity index (χ0) is 16.8. The number of aryl methyl sites for hydroxylation is 1. The van der Waals surface area contributed by atoms with Crippen LogP contribution in [0.4, 0.5) is 4.79 Å². The Morgan fingerprint density at radius 2 is 2.13 bits per heavy atom. The van der Waals surface area contributed by atoms with Gasteiger partial charge in [-0.15, -0.1) is 11.3 Å². The summed E-state index contributed by atoms with van der Waals surface area (Å²) in [4.78, 5) is 19.4. The molecule has 1 atom stereocenters. The number of urea groups is 1. The first-order valence-corrected chi connectivity index (χ1v) is 8.30. The molecule has 0 aliphatic rings. The lowest BCUT2D eigenvalue weighted by molar-refractivity contribution is 0.203. The summed E-state index contributed by atoms with van der Waals surface area (Å²) in [6, 6.07) is 9.04. The number of rotatable bonds is 5. The minimum atomic E-state index is -0.143. The highest BCUT2D eigenvalue weighted by atomic mass is 32.1. The first-order chi connectivity index (χ1) is 11.0. The lowest BCUT2D eigenvalue weighted by Crippen LogP contribution is -2.38. The summed E-state index contributed by atoms with van der Waals surface area (Å²) in [5.41, 5.74) is 1.58. The number of hydrogen-bond donors (Lipinski definition) is 1. The van der Waals surface area contributed by atoms with Crippen molar-refractivity contribution in [3.8, 4) is 6.07 Å². The number of nitrogens with one attached hydrogen (secondary N) is 1. The van der Waals surface area contributed by atoms with Gasteiger partial charge in [-0.1, -0.05) is 19.1 Å². The molecule has 6 heteroatoms. The number of aromatic nitrogens is 1. The number of nitrogens with zero attached hydrogens (tertiary/aromatic N) is 3. The van der Waals surface area contributed by atoms with E-state index in [9.17, 15) is 4.79 Å². The van der Waals surface area contributed by atoms with E-state index in [4.69, 9.17) is 5.26 Å². The molecule has 2 aromatic rings. The van der Waals surface area contributed by atoms with Crippen LogP contribution in [0.25, 0.3) is 0 Å². The number of thiazole rings is 1. The Balaban J connectivity index is 1.92. The van der Waals surface area contributed by atoms with Crippen LogP contribution in [0, 0.1) is 11.3 Å². The quantitative estimate of drug-likeness (QED) is 0.913. The standard InChI is InChI=1S/C17H20N4OS/c1-4-15-10-19-16(23-15)11-21(3)17(22)20-12(2)14-7-5-13(9-18)6-8-14/h5-8,10,12H,4,11H2,1-3H3,(H,20,22)/t12-/m0/s1. The fourth-order valence-electron chi connectivity index (χ4n) is 2.08. The molecule has 0 bridgehead atoms. The Kier molecular flexibility index (Phi) is 5.72. The molecule has 2 rings (SSSR count). The second kappa shape index (κ2) is 7.75. The van der Waals surface area contributed by atoms with Gasteiger partial charge < -0.3 is 10.2 Å². The SMILES string of the molecule is CCc1cnc(CN(C)C(=O)N[C@@H](C)c2ccc(C#N)cc2)s1. The number of benzene rings is 1. The third-order valence-corrected chi connectivity index (χ3v) is 4.68. The molecular formula is C17H20N4OS. The average Bonchev–Trinajstić information content (AvgIpc) is 3.02. The molecule has 1 heterocycles. The fourth-order valence-corrected chi connectivity index (χ4v) is 3.00.